The standard InChI is InChI=1S/C5H11O5P.H3N/c6-5(7)3-1-2-4-11(8,9)10;/h1-4H2,(H,6,7)(H2,8,9,10);1H3. The molecule has 0 bridgehead atoms. The van der Waals surface area contributed by atoms with Gasteiger partial charge in [0.15, 0.2) is 0 Å². The van der Waals surface area contributed by atoms with Gasteiger partial charge in [0.2, 0.25) is 0 Å². The van der Waals surface area contributed by atoms with Gasteiger partial charge < -0.3 is 21.0 Å². The van der Waals surface area contributed by atoms with Crippen molar-refractivity contribution in [2.24, 2.45) is 0 Å². The monoisotopic (exact) mass is 199 g/mol. The molecule has 0 aromatic carbocycles. The fourth-order valence-electron chi connectivity index (χ4n) is 0.594. The SMILES string of the molecule is N.O=C(O)CCCCP(=O)(O)O. The summed E-state index contributed by atoms with van der Waals surface area (Å²) in [5.74, 6) is -0.935. The maximum Gasteiger partial charge on any atom is 0.325 e. The van der Waals surface area contributed by atoms with E-state index in [9.17, 15) is 9.36 Å². The van der Waals surface area contributed by atoms with Crippen LogP contribution in [0, 0.1) is 0 Å². The van der Waals surface area contributed by atoms with E-state index in [2.05, 4.69) is 0 Å². The smallest absolute Gasteiger partial charge is 0.325 e. The molecule has 0 fully saturated rings. The Morgan fingerprint density at radius 1 is 1.25 bits per heavy atom. The van der Waals surface area contributed by atoms with Crippen LogP contribution in [0.25, 0.3) is 0 Å². The summed E-state index contributed by atoms with van der Waals surface area (Å²) in [4.78, 5) is 26.6. The van der Waals surface area contributed by atoms with E-state index < -0.39 is 13.6 Å². The van der Waals surface area contributed by atoms with Crippen molar-refractivity contribution in [3.8, 4) is 0 Å². The third-order valence-corrected chi connectivity index (χ3v) is 1.99. The molecule has 0 radical (unpaired) electrons. The molecule has 0 rings (SSSR count). The van der Waals surface area contributed by atoms with E-state index in [0.717, 1.165) is 0 Å². The zero-order chi connectivity index (χ0) is 8.91. The lowest BCUT2D eigenvalue weighted by molar-refractivity contribution is -0.137. The van der Waals surface area contributed by atoms with Crippen molar-refractivity contribution in [3.05, 3.63) is 0 Å². The third-order valence-electron chi connectivity index (χ3n) is 1.09. The van der Waals surface area contributed by atoms with Crippen LogP contribution >= 0.6 is 7.60 Å². The molecule has 0 saturated carbocycles. The number of carboxylic acid groups (broad SMARTS) is 1. The molecule has 0 atom stereocenters. The Morgan fingerprint density at radius 2 is 1.75 bits per heavy atom. The maximum atomic E-state index is 10.2. The Kier molecular flexibility index (Phi) is 7.22. The number of carboxylic acids is 1. The van der Waals surface area contributed by atoms with E-state index in [1.165, 1.54) is 0 Å². The normalized spacial score (nSPS) is 10.5. The van der Waals surface area contributed by atoms with Gasteiger partial charge in [-0.2, -0.15) is 0 Å². The molecule has 0 saturated heterocycles. The van der Waals surface area contributed by atoms with Crippen molar-refractivity contribution in [1.82, 2.24) is 6.15 Å². The van der Waals surface area contributed by atoms with Crippen LogP contribution in [-0.2, 0) is 9.36 Å². The van der Waals surface area contributed by atoms with Gasteiger partial charge in [-0.1, -0.05) is 0 Å². The minimum Gasteiger partial charge on any atom is -0.481 e. The molecule has 0 heterocycles. The van der Waals surface area contributed by atoms with Gasteiger partial charge >= 0.3 is 13.6 Å². The summed E-state index contributed by atoms with van der Waals surface area (Å²) in [5.41, 5.74) is 0. The van der Waals surface area contributed by atoms with Gasteiger partial charge in [0.25, 0.3) is 0 Å². The van der Waals surface area contributed by atoms with Crippen molar-refractivity contribution in [1.29, 1.82) is 0 Å². The van der Waals surface area contributed by atoms with Gasteiger partial charge in [-0.05, 0) is 12.8 Å². The summed E-state index contributed by atoms with van der Waals surface area (Å²) in [6.07, 6.45) is 0.331. The van der Waals surface area contributed by atoms with Gasteiger partial charge in [0, 0.05) is 12.6 Å². The molecule has 0 aromatic heterocycles. The molecule has 6 nitrogen and oxygen atoms in total. The van der Waals surface area contributed by atoms with Gasteiger partial charge in [-0.3, -0.25) is 9.36 Å². The number of carbonyl (C=O) groups is 1. The van der Waals surface area contributed by atoms with Gasteiger partial charge in [-0.25, -0.2) is 0 Å². The number of hydrogen-bond acceptors (Lipinski definition) is 3. The van der Waals surface area contributed by atoms with E-state index in [4.69, 9.17) is 14.9 Å². The Morgan fingerprint density at radius 3 is 2.08 bits per heavy atom. The zero-order valence-electron chi connectivity index (χ0n) is 6.64. The van der Waals surface area contributed by atoms with Crippen LogP contribution in [-0.4, -0.2) is 27.0 Å². The van der Waals surface area contributed by atoms with Crippen LogP contribution in [0.5, 0.6) is 0 Å². The highest BCUT2D eigenvalue weighted by Gasteiger charge is 2.11. The van der Waals surface area contributed by atoms with E-state index in [0.29, 0.717) is 6.42 Å². The molecule has 7 heteroatoms. The first-order valence-corrected chi connectivity index (χ1v) is 4.98. The minimum atomic E-state index is -3.92. The summed E-state index contributed by atoms with van der Waals surface area (Å²) in [6, 6.07) is 0. The molecule has 74 valence electrons. The summed E-state index contributed by atoms with van der Waals surface area (Å²) in [6.45, 7) is 0. The first-order valence-electron chi connectivity index (χ1n) is 3.18. The van der Waals surface area contributed by atoms with E-state index >= 15 is 0 Å². The van der Waals surface area contributed by atoms with Crippen molar-refractivity contribution >= 4 is 13.6 Å². The third kappa shape index (κ3) is 12.3. The maximum absolute atomic E-state index is 10.2. The summed E-state index contributed by atoms with van der Waals surface area (Å²) in [5, 5.41) is 8.15. The molecule has 0 aliphatic rings. The lowest BCUT2D eigenvalue weighted by Crippen LogP contribution is -1.95. The molecule has 0 aliphatic carbocycles. The average Bonchev–Trinajstić information content (AvgIpc) is 1.78. The lowest BCUT2D eigenvalue weighted by Gasteiger charge is -2.00. The predicted molar refractivity (Wildman–Crippen MR) is 43.4 cm³/mol. The summed E-state index contributed by atoms with van der Waals surface area (Å²) in [7, 11) is -3.92. The zero-order valence-corrected chi connectivity index (χ0v) is 7.54. The second-order valence-corrected chi connectivity index (χ2v) is 4.02. The predicted octanol–water partition coefficient (Wildman–Crippen LogP) is 0.581. The van der Waals surface area contributed by atoms with Crippen molar-refractivity contribution in [3.63, 3.8) is 0 Å². The van der Waals surface area contributed by atoms with Crippen molar-refractivity contribution < 1.29 is 24.3 Å². The van der Waals surface area contributed by atoms with Crippen LogP contribution in [0.4, 0.5) is 0 Å². The number of unbranched alkanes of at least 4 members (excludes halogenated alkanes) is 1. The van der Waals surface area contributed by atoms with Gasteiger partial charge in [0.1, 0.15) is 0 Å². The molecule has 0 aromatic rings. The van der Waals surface area contributed by atoms with Gasteiger partial charge in [0.05, 0.1) is 0 Å². The van der Waals surface area contributed by atoms with Crippen LogP contribution in [0.2, 0.25) is 0 Å². The largest absolute Gasteiger partial charge is 0.481 e. The molecule has 12 heavy (non-hydrogen) atoms. The molecule has 6 N–H and O–H groups in total. The minimum absolute atomic E-state index is 0. The van der Waals surface area contributed by atoms with Crippen LogP contribution in [0.3, 0.4) is 0 Å². The van der Waals surface area contributed by atoms with Gasteiger partial charge in [-0.15, -0.1) is 0 Å². The Balaban J connectivity index is 0. The first kappa shape index (κ1) is 14.1. The highest BCUT2D eigenvalue weighted by molar-refractivity contribution is 7.51. The molecule has 0 unspecified atom stereocenters. The van der Waals surface area contributed by atoms with Crippen molar-refractivity contribution in [2.75, 3.05) is 6.16 Å². The number of rotatable bonds is 5. The molecule has 0 spiro atoms. The van der Waals surface area contributed by atoms with Crippen LogP contribution in [0.1, 0.15) is 19.3 Å². The summed E-state index contributed by atoms with van der Waals surface area (Å²) >= 11 is 0. The molecular formula is C5H14NO5P. The molecule has 0 aliphatic heterocycles. The number of aliphatic carboxylic acids is 1. The Hall–Kier alpha value is -0.420. The highest BCUT2D eigenvalue weighted by Crippen LogP contribution is 2.35. The Bertz CT molecular complexity index is 177. The first-order chi connectivity index (χ1) is 4.92. The second-order valence-electron chi connectivity index (χ2n) is 2.24. The van der Waals surface area contributed by atoms with E-state index in [-0.39, 0.29) is 25.2 Å². The highest BCUT2D eigenvalue weighted by atomic mass is 31.2. The number of hydrogen-bond donors (Lipinski definition) is 4. The average molecular weight is 199 g/mol. The fourth-order valence-corrected chi connectivity index (χ4v) is 1.23. The quantitative estimate of drug-likeness (QED) is 0.378. The topological polar surface area (TPSA) is 130 Å². The van der Waals surface area contributed by atoms with Crippen LogP contribution < -0.4 is 6.15 Å². The van der Waals surface area contributed by atoms with Crippen LogP contribution in [0.15, 0.2) is 0 Å². The fraction of sp³-hybridized carbons (Fsp3) is 0.800. The van der Waals surface area contributed by atoms with E-state index in [1.54, 1.807) is 0 Å². The molecule has 0 amide bonds. The lowest BCUT2D eigenvalue weighted by atomic mass is 10.3. The van der Waals surface area contributed by atoms with Crippen molar-refractivity contribution in [2.45, 2.75) is 19.3 Å². The van der Waals surface area contributed by atoms with E-state index in [1.807, 2.05) is 0 Å². The summed E-state index contributed by atoms with van der Waals surface area (Å²) < 4.78 is 10.2. The Labute approximate surface area is 70.3 Å². The second kappa shape index (κ2) is 6.14. The molecular weight excluding hydrogens is 185 g/mol.